The Morgan fingerprint density at radius 1 is 1.50 bits per heavy atom. The van der Waals surface area contributed by atoms with Crippen LogP contribution in [-0.2, 0) is 20.0 Å². The van der Waals surface area contributed by atoms with E-state index in [2.05, 4.69) is 20.4 Å². The maximum absolute atomic E-state index is 4.32. The SMILES string of the molecule is Cc1ncc(CNCCc2ccn(C)n2)[nH]1. The molecule has 2 aromatic heterocycles. The number of hydrogen-bond acceptors (Lipinski definition) is 3. The van der Waals surface area contributed by atoms with E-state index in [9.17, 15) is 0 Å². The van der Waals surface area contributed by atoms with Crippen LogP contribution in [0.3, 0.4) is 0 Å². The lowest BCUT2D eigenvalue weighted by Gasteiger charge is -2.00. The monoisotopic (exact) mass is 219 g/mol. The van der Waals surface area contributed by atoms with E-state index in [4.69, 9.17) is 0 Å². The van der Waals surface area contributed by atoms with E-state index >= 15 is 0 Å². The van der Waals surface area contributed by atoms with Crippen molar-refractivity contribution in [2.45, 2.75) is 19.9 Å². The lowest BCUT2D eigenvalue weighted by Crippen LogP contribution is -2.17. The lowest BCUT2D eigenvalue weighted by molar-refractivity contribution is 0.658. The zero-order chi connectivity index (χ0) is 11.4. The first-order valence-corrected chi connectivity index (χ1v) is 5.44. The molecular formula is C11H17N5. The number of hydrogen-bond donors (Lipinski definition) is 2. The van der Waals surface area contributed by atoms with E-state index in [0.717, 1.165) is 36.7 Å². The molecule has 2 rings (SSSR count). The third kappa shape index (κ3) is 2.93. The van der Waals surface area contributed by atoms with Crippen LogP contribution in [0.5, 0.6) is 0 Å². The van der Waals surface area contributed by atoms with Gasteiger partial charge in [-0.25, -0.2) is 4.98 Å². The van der Waals surface area contributed by atoms with Crippen molar-refractivity contribution < 1.29 is 0 Å². The van der Waals surface area contributed by atoms with Crippen LogP contribution in [-0.4, -0.2) is 26.3 Å². The molecule has 2 aromatic rings. The van der Waals surface area contributed by atoms with Gasteiger partial charge in [0, 0.05) is 44.6 Å². The summed E-state index contributed by atoms with van der Waals surface area (Å²) in [4.78, 5) is 7.33. The summed E-state index contributed by atoms with van der Waals surface area (Å²) in [6.45, 7) is 3.71. The molecular weight excluding hydrogens is 202 g/mol. The molecule has 0 aromatic carbocycles. The van der Waals surface area contributed by atoms with Crippen molar-refractivity contribution in [1.82, 2.24) is 25.1 Å². The highest BCUT2D eigenvalue weighted by atomic mass is 15.2. The summed E-state index contributed by atoms with van der Waals surface area (Å²) in [6, 6.07) is 2.04. The van der Waals surface area contributed by atoms with Crippen LogP contribution in [0.4, 0.5) is 0 Å². The highest BCUT2D eigenvalue weighted by molar-refractivity contribution is 5.01. The van der Waals surface area contributed by atoms with Crippen LogP contribution in [0.1, 0.15) is 17.2 Å². The second-order valence-electron chi connectivity index (χ2n) is 3.90. The molecule has 5 heteroatoms. The van der Waals surface area contributed by atoms with Crippen molar-refractivity contribution in [3.63, 3.8) is 0 Å². The normalized spacial score (nSPS) is 10.9. The zero-order valence-corrected chi connectivity index (χ0v) is 9.70. The summed E-state index contributed by atoms with van der Waals surface area (Å²) in [5.41, 5.74) is 2.24. The highest BCUT2D eigenvalue weighted by Crippen LogP contribution is 1.96. The minimum Gasteiger partial charge on any atom is -0.345 e. The fraction of sp³-hybridized carbons (Fsp3) is 0.455. The Morgan fingerprint density at radius 3 is 3.00 bits per heavy atom. The highest BCUT2D eigenvalue weighted by Gasteiger charge is 1.98. The van der Waals surface area contributed by atoms with Crippen LogP contribution in [0.15, 0.2) is 18.5 Å². The lowest BCUT2D eigenvalue weighted by atomic mass is 10.3. The van der Waals surface area contributed by atoms with E-state index in [1.165, 1.54) is 0 Å². The predicted molar refractivity (Wildman–Crippen MR) is 61.9 cm³/mol. The van der Waals surface area contributed by atoms with Crippen LogP contribution in [0.25, 0.3) is 0 Å². The van der Waals surface area contributed by atoms with Gasteiger partial charge in [0.1, 0.15) is 5.82 Å². The number of aromatic nitrogens is 4. The molecule has 0 saturated carbocycles. The number of imidazole rings is 1. The van der Waals surface area contributed by atoms with Crippen molar-refractivity contribution in [3.05, 3.63) is 35.7 Å². The van der Waals surface area contributed by atoms with Crippen LogP contribution in [0, 0.1) is 6.92 Å². The fourth-order valence-electron chi connectivity index (χ4n) is 1.60. The molecule has 0 saturated heterocycles. The molecule has 0 aliphatic rings. The largest absolute Gasteiger partial charge is 0.345 e. The number of rotatable bonds is 5. The Kier molecular flexibility index (Phi) is 3.36. The molecule has 2 N–H and O–H groups in total. The fourth-order valence-corrected chi connectivity index (χ4v) is 1.60. The molecule has 0 fully saturated rings. The minimum atomic E-state index is 0.827. The average molecular weight is 219 g/mol. The molecule has 0 bridgehead atoms. The quantitative estimate of drug-likeness (QED) is 0.731. The Bertz CT molecular complexity index is 400. The maximum Gasteiger partial charge on any atom is 0.103 e. The van der Waals surface area contributed by atoms with E-state index < -0.39 is 0 Å². The Morgan fingerprint density at radius 2 is 2.38 bits per heavy atom. The molecule has 5 nitrogen and oxygen atoms in total. The van der Waals surface area contributed by atoms with Gasteiger partial charge in [-0.3, -0.25) is 4.68 Å². The smallest absolute Gasteiger partial charge is 0.103 e. The van der Waals surface area contributed by atoms with E-state index in [-0.39, 0.29) is 0 Å². The summed E-state index contributed by atoms with van der Waals surface area (Å²) in [5, 5.41) is 7.67. The molecule has 0 aliphatic heterocycles. The van der Waals surface area contributed by atoms with Crippen LogP contribution in [0.2, 0.25) is 0 Å². The molecule has 2 heterocycles. The van der Waals surface area contributed by atoms with Gasteiger partial charge in [0.2, 0.25) is 0 Å². The third-order valence-electron chi connectivity index (χ3n) is 2.40. The molecule has 0 radical (unpaired) electrons. The van der Waals surface area contributed by atoms with Crippen molar-refractivity contribution in [2.24, 2.45) is 7.05 Å². The number of aromatic amines is 1. The van der Waals surface area contributed by atoms with Crippen molar-refractivity contribution in [3.8, 4) is 0 Å². The average Bonchev–Trinajstić information content (AvgIpc) is 2.83. The molecule has 0 aliphatic carbocycles. The molecule has 16 heavy (non-hydrogen) atoms. The van der Waals surface area contributed by atoms with Crippen LogP contribution >= 0.6 is 0 Å². The number of H-pyrrole nitrogens is 1. The summed E-state index contributed by atoms with van der Waals surface area (Å²) < 4.78 is 1.83. The van der Waals surface area contributed by atoms with Crippen molar-refractivity contribution in [1.29, 1.82) is 0 Å². The van der Waals surface area contributed by atoms with E-state index in [0.29, 0.717) is 0 Å². The Balaban J connectivity index is 1.69. The first-order valence-electron chi connectivity index (χ1n) is 5.44. The van der Waals surface area contributed by atoms with Gasteiger partial charge in [-0.2, -0.15) is 5.10 Å². The number of nitrogens with zero attached hydrogens (tertiary/aromatic N) is 3. The predicted octanol–water partition coefficient (Wildman–Crippen LogP) is 0.784. The molecule has 0 amide bonds. The van der Waals surface area contributed by atoms with Gasteiger partial charge in [0.05, 0.1) is 5.69 Å². The second kappa shape index (κ2) is 4.94. The maximum atomic E-state index is 4.32. The minimum absolute atomic E-state index is 0.827. The van der Waals surface area contributed by atoms with Gasteiger partial charge in [-0.15, -0.1) is 0 Å². The summed E-state index contributed by atoms with van der Waals surface area (Å²) in [5.74, 6) is 0.960. The standard InChI is InChI=1S/C11H17N5/c1-9-13-8-11(14-9)7-12-5-3-10-4-6-16(2)15-10/h4,6,8,12H,3,5,7H2,1-2H3,(H,13,14). The molecule has 0 spiro atoms. The van der Waals surface area contributed by atoms with Gasteiger partial charge in [0.15, 0.2) is 0 Å². The topological polar surface area (TPSA) is 58.5 Å². The second-order valence-corrected chi connectivity index (χ2v) is 3.90. The number of nitrogens with one attached hydrogen (secondary N) is 2. The van der Waals surface area contributed by atoms with Crippen molar-refractivity contribution >= 4 is 0 Å². The van der Waals surface area contributed by atoms with Gasteiger partial charge in [-0.05, 0) is 13.0 Å². The van der Waals surface area contributed by atoms with Gasteiger partial charge in [-0.1, -0.05) is 0 Å². The first kappa shape index (κ1) is 10.9. The molecule has 0 atom stereocenters. The Labute approximate surface area is 94.9 Å². The van der Waals surface area contributed by atoms with Crippen LogP contribution < -0.4 is 5.32 Å². The van der Waals surface area contributed by atoms with Gasteiger partial charge in [0.25, 0.3) is 0 Å². The van der Waals surface area contributed by atoms with Gasteiger partial charge >= 0.3 is 0 Å². The summed E-state index contributed by atoms with van der Waals surface area (Å²) in [7, 11) is 1.93. The first-order chi connectivity index (χ1) is 7.74. The number of aryl methyl sites for hydroxylation is 2. The summed E-state index contributed by atoms with van der Waals surface area (Å²) in [6.07, 6.45) is 4.78. The molecule has 0 unspecified atom stereocenters. The van der Waals surface area contributed by atoms with Crippen molar-refractivity contribution in [2.75, 3.05) is 6.54 Å². The molecule has 86 valence electrons. The van der Waals surface area contributed by atoms with E-state index in [1.54, 1.807) is 0 Å². The Hall–Kier alpha value is -1.62. The van der Waals surface area contributed by atoms with Gasteiger partial charge < -0.3 is 10.3 Å². The zero-order valence-electron chi connectivity index (χ0n) is 9.70. The van der Waals surface area contributed by atoms with E-state index in [1.807, 2.05) is 37.1 Å². The third-order valence-corrected chi connectivity index (χ3v) is 2.40. The summed E-state index contributed by atoms with van der Waals surface area (Å²) >= 11 is 0.